The molecule has 0 saturated carbocycles. The molecule has 0 spiro atoms. The first-order valence-corrected chi connectivity index (χ1v) is 9.16. The van der Waals surface area contributed by atoms with Gasteiger partial charge in [0, 0.05) is 56.2 Å². The summed E-state index contributed by atoms with van der Waals surface area (Å²) in [5, 5.41) is 6.69. The molecule has 1 fully saturated rings. The average Bonchev–Trinajstić information content (AvgIpc) is 3.16. The maximum Gasteiger partial charge on any atom is 0.253 e. The van der Waals surface area contributed by atoms with Crippen molar-refractivity contribution >= 4 is 5.91 Å². The Labute approximate surface area is 158 Å². The molecule has 27 heavy (non-hydrogen) atoms. The molecule has 7 heteroatoms. The van der Waals surface area contributed by atoms with Crippen LogP contribution in [0.1, 0.15) is 22.3 Å². The quantitative estimate of drug-likeness (QED) is 0.770. The Kier molecular flexibility index (Phi) is 5.20. The fourth-order valence-corrected chi connectivity index (χ4v) is 3.38. The lowest BCUT2D eigenvalue weighted by molar-refractivity contribution is 0.0761. The van der Waals surface area contributed by atoms with Gasteiger partial charge >= 0.3 is 0 Å². The van der Waals surface area contributed by atoms with Crippen LogP contribution in [0.5, 0.6) is 0 Å². The van der Waals surface area contributed by atoms with E-state index >= 15 is 0 Å². The molecule has 4 rings (SSSR count). The number of H-pyrrole nitrogens is 1. The van der Waals surface area contributed by atoms with E-state index in [4.69, 9.17) is 0 Å². The summed E-state index contributed by atoms with van der Waals surface area (Å²) < 4.78 is 0. The van der Waals surface area contributed by atoms with Gasteiger partial charge in [0.05, 0.1) is 0 Å². The molecule has 1 N–H and O–H groups in total. The van der Waals surface area contributed by atoms with E-state index in [0.717, 1.165) is 44.7 Å². The molecule has 0 atom stereocenters. The molecule has 0 radical (unpaired) electrons. The molecule has 3 aromatic rings. The largest absolute Gasteiger partial charge is 0.337 e. The molecular formula is C20H22N6O. The Hall–Kier alpha value is -3.06. The van der Waals surface area contributed by atoms with E-state index in [1.807, 2.05) is 41.4 Å². The average molecular weight is 362 g/mol. The van der Waals surface area contributed by atoms with E-state index in [0.29, 0.717) is 11.4 Å². The van der Waals surface area contributed by atoms with Gasteiger partial charge in [0.2, 0.25) is 0 Å². The number of aromatic nitrogens is 4. The summed E-state index contributed by atoms with van der Waals surface area (Å²) in [5.41, 5.74) is 2.84. The summed E-state index contributed by atoms with van der Waals surface area (Å²) in [6.45, 7) is 4.26. The van der Waals surface area contributed by atoms with Crippen molar-refractivity contribution in [1.82, 2.24) is 30.0 Å². The van der Waals surface area contributed by atoms with Crippen LogP contribution in [0.3, 0.4) is 0 Å². The summed E-state index contributed by atoms with van der Waals surface area (Å²) in [6, 6.07) is 11.6. The zero-order valence-corrected chi connectivity index (χ0v) is 15.1. The standard InChI is InChI=1S/C20H22N6O/c27-20(18-6-4-17(5-7-18)19-22-15-23-24-19)26-10-2-9-25(11-12-26)14-16-3-1-8-21-13-16/h1,3-8,13,15H,2,9-12,14H2,(H,22,23,24). The Morgan fingerprint density at radius 2 is 1.96 bits per heavy atom. The van der Waals surface area contributed by atoms with Gasteiger partial charge in [0.1, 0.15) is 6.33 Å². The van der Waals surface area contributed by atoms with Crippen LogP contribution in [0.25, 0.3) is 11.4 Å². The van der Waals surface area contributed by atoms with Crippen LogP contribution in [0.2, 0.25) is 0 Å². The highest BCUT2D eigenvalue weighted by Gasteiger charge is 2.20. The Bertz CT molecular complexity index is 863. The molecular weight excluding hydrogens is 340 g/mol. The van der Waals surface area contributed by atoms with Gasteiger partial charge < -0.3 is 4.90 Å². The van der Waals surface area contributed by atoms with Gasteiger partial charge in [-0.1, -0.05) is 18.2 Å². The van der Waals surface area contributed by atoms with Gasteiger partial charge in [-0.25, -0.2) is 4.98 Å². The molecule has 7 nitrogen and oxygen atoms in total. The van der Waals surface area contributed by atoms with Crippen molar-refractivity contribution in [3.05, 3.63) is 66.2 Å². The van der Waals surface area contributed by atoms with Crippen molar-refractivity contribution < 1.29 is 4.79 Å². The smallest absolute Gasteiger partial charge is 0.253 e. The summed E-state index contributed by atoms with van der Waals surface area (Å²) in [6.07, 6.45) is 6.15. The second-order valence-electron chi connectivity index (χ2n) is 6.69. The highest BCUT2D eigenvalue weighted by Crippen LogP contribution is 2.17. The molecule has 0 aliphatic carbocycles. The van der Waals surface area contributed by atoms with Crippen LogP contribution in [0.15, 0.2) is 55.1 Å². The number of aromatic amines is 1. The number of pyridine rings is 1. The maximum atomic E-state index is 12.9. The molecule has 0 bridgehead atoms. The summed E-state index contributed by atoms with van der Waals surface area (Å²) in [5.74, 6) is 0.789. The minimum absolute atomic E-state index is 0.0855. The molecule has 0 unspecified atom stereocenters. The minimum atomic E-state index is 0.0855. The fraction of sp³-hybridized carbons (Fsp3) is 0.300. The molecule has 3 heterocycles. The van der Waals surface area contributed by atoms with Gasteiger partial charge in [0.15, 0.2) is 5.82 Å². The number of hydrogen-bond donors (Lipinski definition) is 1. The van der Waals surface area contributed by atoms with Crippen molar-refractivity contribution in [2.24, 2.45) is 0 Å². The number of nitrogens with one attached hydrogen (secondary N) is 1. The second kappa shape index (κ2) is 8.09. The first kappa shape index (κ1) is 17.4. The molecule has 1 aliphatic heterocycles. The lowest BCUT2D eigenvalue weighted by Gasteiger charge is -2.22. The van der Waals surface area contributed by atoms with Crippen molar-refractivity contribution in [2.45, 2.75) is 13.0 Å². The first-order valence-electron chi connectivity index (χ1n) is 9.16. The highest BCUT2D eigenvalue weighted by molar-refractivity contribution is 5.94. The third-order valence-corrected chi connectivity index (χ3v) is 4.83. The van der Waals surface area contributed by atoms with Gasteiger partial charge in [-0.3, -0.25) is 19.8 Å². The third kappa shape index (κ3) is 4.20. The Balaban J connectivity index is 1.38. The molecule has 2 aromatic heterocycles. The van der Waals surface area contributed by atoms with E-state index < -0.39 is 0 Å². The molecule has 138 valence electrons. The van der Waals surface area contributed by atoms with Crippen molar-refractivity contribution in [3.63, 3.8) is 0 Å². The lowest BCUT2D eigenvalue weighted by Crippen LogP contribution is -2.35. The van der Waals surface area contributed by atoms with Crippen molar-refractivity contribution in [1.29, 1.82) is 0 Å². The third-order valence-electron chi connectivity index (χ3n) is 4.83. The van der Waals surface area contributed by atoms with Crippen LogP contribution in [-0.2, 0) is 6.54 Å². The fourth-order valence-electron chi connectivity index (χ4n) is 3.38. The summed E-state index contributed by atoms with van der Waals surface area (Å²) >= 11 is 0. The number of nitrogens with zero attached hydrogens (tertiary/aromatic N) is 5. The van der Waals surface area contributed by atoms with Crippen LogP contribution in [0.4, 0.5) is 0 Å². The number of amides is 1. The molecule has 1 aliphatic rings. The number of benzene rings is 1. The highest BCUT2D eigenvalue weighted by atomic mass is 16.2. The minimum Gasteiger partial charge on any atom is -0.337 e. The van der Waals surface area contributed by atoms with E-state index in [-0.39, 0.29) is 5.91 Å². The predicted molar refractivity (Wildman–Crippen MR) is 102 cm³/mol. The van der Waals surface area contributed by atoms with Crippen molar-refractivity contribution in [2.75, 3.05) is 26.2 Å². The number of rotatable bonds is 4. The van der Waals surface area contributed by atoms with E-state index in [9.17, 15) is 4.79 Å². The molecule has 1 amide bonds. The first-order chi connectivity index (χ1) is 13.3. The van der Waals surface area contributed by atoms with E-state index in [1.54, 1.807) is 6.20 Å². The van der Waals surface area contributed by atoms with E-state index in [2.05, 4.69) is 31.1 Å². The van der Waals surface area contributed by atoms with Crippen molar-refractivity contribution in [3.8, 4) is 11.4 Å². The zero-order valence-electron chi connectivity index (χ0n) is 15.1. The number of carbonyl (C=O) groups excluding carboxylic acids is 1. The van der Waals surface area contributed by atoms with Gasteiger partial charge in [0.25, 0.3) is 5.91 Å². The number of carbonyl (C=O) groups is 1. The SMILES string of the molecule is O=C(c1ccc(-c2ncn[nH]2)cc1)N1CCCN(Cc2cccnc2)CC1. The summed E-state index contributed by atoms with van der Waals surface area (Å²) in [7, 11) is 0. The Morgan fingerprint density at radius 3 is 2.70 bits per heavy atom. The van der Waals surface area contributed by atoms with E-state index in [1.165, 1.54) is 11.9 Å². The normalized spacial score (nSPS) is 15.5. The van der Waals surface area contributed by atoms with Crippen LogP contribution in [0, 0.1) is 0 Å². The topological polar surface area (TPSA) is 78.0 Å². The predicted octanol–water partition coefficient (Wildman–Crippen LogP) is 2.21. The van der Waals surface area contributed by atoms with Crippen LogP contribution >= 0.6 is 0 Å². The second-order valence-corrected chi connectivity index (χ2v) is 6.69. The van der Waals surface area contributed by atoms with Gasteiger partial charge in [-0.15, -0.1) is 0 Å². The Morgan fingerprint density at radius 1 is 1.07 bits per heavy atom. The number of hydrogen-bond acceptors (Lipinski definition) is 5. The molecule has 1 saturated heterocycles. The lowest BCUT2D eigenvalue weighted by atomic mass is 10.1. The maximum absolute atomic E-state index is 12.9. The monoisotopic (exact) mass is 362 g/mol. The van der Waals surface area contributed by atoms with Crippen LogP contribution in [-0.4, -0.2) is 62.1 Å². The zero-order chi connectivity index (χ0) is 18.5. The summed E-state index contributed by atoms with van der Waals surface area (Å²) in [4.78, 5) is 25.5. The van der Waals surface area contributed by atoms with Gasteiger partial charge in [-0.2, -0.15) is 5.10 Å². The van der Waals surface area contributed by atoms with Gasteiger partial charge in [-0.05, 0) is 30.2 Å². The van der Waals surface area contributed by atoms with Crippen LogP contribution < -0.4 is 0 Å². The molecule has 1 aromatic carbocycles.